The zero-order valence-corrected chi connectivity index (χ0v) is 16.1. The predicted octanol–water partition coefficient (Wildman–Crippen LogP) is 2.11. The molecule has 2 rings (SSSR count). The zero-order valence-electron chi connectivity index (χ0n) is 15.3. The van der Waals surface area contributed by atoms with Crippen LogP contribution in [0.5, 0.6) is 0 Å². The van der Waals surface area contributed by atoms with Crippen LogP contribution in [0.2, 0.25) is 0 Å². The lowest BCUT2D eigenvalue weighted by Crippen LogP contribution is -2.45. The van der Waals surface area contributed by atoms with Crippen molar-refractivity contribution in [2.45, 2.75) is 23.6 Å². The summed E-state index contributed by atoms with van der Waals surface area (Å²) >= 11 is 0. The van der Waals surface area contributed by atoms with Crippen molar-refractivity contribution in [1.82, 2.24) is 0 Å². The number of carbonyl (C=O) groups is 2. The van der Waals surface area contributed by atoms with Crippen molar-refractivity contribution in [1.29, 1.82) is 0 Å². The number of nitrogens with two attached hydrogens (primary N) is 1. The van der Waals surface area contributed by atoms with Crippen LogP contribution < -0.4 is 11.1 Å². The summed E-state index contributed by atoms with van der Waals surface area (Å²) < 4.78 is 77.0. The summed E-state index contributed by atoms with van der Waals surface area (Å²) in [6.07, 6.45) is -4.96. The summed E-state index contributed by atoms with van der Waals surface area (Å²) in [5.74, 6) is -4.47. The third-order valence-electron chi connectivity index (χ3n) is 3.98. The molecule has 0 radical (unpaired) electrons. The van der Waals surface area contributed by atoms with Gasteiger partial charge in [-0.1, -0.05) is 0 Å². The fourth-order valence-corrected chi connectivity index (χ4v) is 4.09. The van der Waals surface area contributed by atoms with Gasteiger partial charge in [0.05, 0.1) is 21.8 Å². The summed E-state index contributed by atoms with van der Waals surface area (Å²) in [5, 5.41) is 12.3. The highest BCUT2D eigenvalue weighted by atomic mass is 32.2. The Morgan fingerprint density at radius 1 is 1.10 bits per heavy atom. The molecule has 4 N–H and O–H groups in total. The number of primary amides is 1. The number of carbonyl (C=O) groups excluding carboxylic acids is 2. The molecule has 30 heavy (non-hydrogen) atoms. The van der Waals surface area contributed by atoms with Crippen molar-refractivity contribution in [2.75, 3.05) is 11.1 Å². The first kappa shape index (κ1) is 23.3. The Labute approximate surface area is 168 Å². The number of hydrogen-bond acceptors (Lipinski definition) is 5. The summed E-state index contributed by atoms with van der Waals surface area (Å²) in [7, 11) is -4.24. The van der Waals surface area contributed by atoms with E-state index in [0.29, 0.717) is 6.07 Å². The van der Waals surface area contributed by atoms with Crippen LogP contribution in [0.3, 0.4) is 0 Å². The van der Waals surface area contributed by atoms with Gasteiger partial charge < -0.3 is 16.2 Å². The Morgan fingerprint density at radius 2 is 1.67 bits per heavy atom. The monoisotopic (exact) mass is 448 g/mol. The minimum Gasteiger partial charge on any atom is -0.379 e. The molecule has 0 saturated carbocycles. The van der Waals surface area contributed by atoms with E-state index in [2.05, 4.69) is 0 Å². The number of sulfone groups is 1. The molecule has 0 bridgehead atoms. The molecule has 2 aromatic carbocycles. The second kappa shape index (κ2) is 8.03. The molecule has 0 fully saturated rings. The number of halogens is 4. The Hall–Kier alpha value is -2.99. The lowest BCUT2D eigenvalue weighted by Gasteiger charge is -2.22. The number of aliphatic hydroxyl groups is 1. The average molecular weight is 448 g/mol. The maximum Gasteiger partial charge on any atom is 0.417 e. The minimum atomic E-state index is -4.96. The Kier molecular flexibility index (Phi) is 6.23. The predicted molar refractivity (Wildman–Crippen MR) is 97.7 cm³/mol. The third kappa shape index (κ3) is 5.33. The van der Waals surface area contributed by atoms with Gasteiger partial charge in [-0.25, -0.2) is 12.8 Å². The highest BCUT2D eigenvalue weighted by Gasteiger charge is 2.38. The standard InChI is InChI=1S/C18H16F4N2O5S/c1-17(27,9-30(28,29)12-5-2-10(19)3-6-12)16(26)24-11-4-7-13(15(23)25)14(8-11)18(20,21)22/h2-8,27H,9H2,1H3,(H2,23,25)(H,24,26). The minimum absolute atomic E-state index is 0.359. The molecule has 7 nitrogen and oxygen atoms in total. The van der Waals surface area contributed by atoms with E-state index < -0.39 is 61.8 Å². The Bertz CT molecular complexity index is 1080. The highest BCUT2D eigenvalue weighted by molar-refractivity contribution is 7.91. The number of amides is 2. The molecule has 0 aliphatic heterocycles. The van der Waals surface area contributed by atoms with Gasteiger partial charge in [0.2, 0.25) is 5.91 Å². The van der Waals surface area contributed by atoms with Crippen LogP contribution in [0.1, 0.15) is 22.8 Å². The van der Waals surface area contributed by atoms with Gasteiger partial charge in [-0.15, -0.1) is 0 Å². The lowest BCUT2D eigenvalue weighted by molar-refractivity contribution is -0.138. The van der Waals surface area contributed by atoms with Gasteiger partial charge in [0.25, 0.3) is 5.91 Å². The fourth-order valence-electron chi connectivity index (χ4n) is 2.50. The molecule has 0 aliphatic carbocycles. The van der Waals surface area contributed by atoms with Crippen molar-refractivity contribution in [3.8, 4) is 0 Å². The molecule has 162 valence electrons. The number of nitrogens with one attached hydrogen (secondary N) is 1. The largest absolute Gasteiger partial charge is 0.417 e. The van der Waals surface area contributed by atoms with Gasteiger partial charge >= 0.3 is 6.18 Å². The van der Waals surface area contributed by atoms with Crippen molar-refractivity contribution in [3.63, 3.8) is 0 Å². The van der Waals surface area contributed by atoms with Gasteiger partial charge in [-0.2, -0.15) is 13.2 Å². The van der Waals surface area contributed by atoms with E-state index in [1.54, 1.807) is 0 Å². The molecular weight excluding hydrogens is 432 g/mol. The van der Waals surface area contributed by atoms with Crippen LogP contribution in [0.4, 0.5) is 23.2 Å². The van der Waals surface area contributed by atoms with Crippen LogP contribution in [-0.4, -0.2) is 36.7 Å². The molecule has 2 aromatic rings. The first-order chi connectivity index (χ1) is 13.6. The van der Waals surface area contributed by atoms with Crippen LogP contribution in [0, 0.1) is 5.82 Å². The molecule has 0 aliphatic rings. The maximum absolute atomic E-state index is 13.1. The number of anilines is 1. The molecule has 1 unspecified atom stereocenters. The maximum atomic E-state index is 13.1. The normalized spacial score (nSPS) is 14.1. The van der Waals surface area contributed by atoms with E-state index in [-0.39, 0.29) is 4.90 Å². The van der Waals surface area contributed by atoms with E-state index >= 15 is 0 Å². The first-order valence-electron chi connectivity index (χ1n) is 8.17. The molecule has 0 aromatic heterocycles. The molecule has 0 heterocycles. The smallest absolute Gasteiger partial charge is 0.379 e. The molecule has 0 saturated heterocycles. The SMILES string of the molecule is CC(O)(CS(=O)(=O)c1ccc(F)cc1)C(=O)Nc1ccc(C(N)=O)c(C(F)(F)F)c1. The summed E-state index contributed by atoms with van der Waals surface area (Å²) in [6, 6.07) is 5.75. The van der Waals surface area contributed by atoms with E-state index in [9.17, 15) is 40.7 Å². The second-order valence-electron chi connectivity index (χ2n) is 6.56. The quantitative estimate of drug-likeness (QED) is 0.461. The molecular formula is C18H16F4N2O5S. The number of hydrogen-bond donors (Lipinski definition) is 3. The average Bonchev–Trinajstić information content (AvgIpc) is 2.60. The highest BCUT2D eigenvalue weighted by Crippen LogP contribution is 2.34. The topological polar surface area (TPSA) is 127 Å². The van der Waals surface area contributed by atoms with Crippen molar-refractivity contribution in [2.24, 2.45) is 5.73 Å². The van der Waals surface area contributed by atoms with Crippen molar-refractivity contribution < 1.29 is 40.7 Å². The fraction of sp³-hybridized carbons (Fsp3) is 0.222. The summed E-state index contributed by atoms with van der Waals surface area (Å²) in [4.78, 5) is 23.1. The number of rotatable bonds is 6. The van der Waals surface area contributed by atoms with E-state index in [4.69, 9.17) is 5.73 Å². The second-order valence-corrected chi connectivity index (χ2v) is 8.55. The van der Waals surface area contributed by atoms with E-state index in [1.165, 1.54) is 0 Å². The Morgan fingerprint density at radius 3 is 2.17 bits per heavy atom. The van der Waals surface area contributed by atoms with E-state index in [0.717, 1.165) is 43.3 Å². The van der Waals surface area contributed by atoms with Gasteiger partial charge in [0.15, 0.2) is 15.4 Å². The molecule has 2 amide bonds. The summed E-state index contributed by atoms with van der Waals surface area (Å²) in [6.45, 7) is 0.853. The van der Waals surface area contributed by atoms with Gasteiger partial charge in [0.1, 0.15) is 5.82 Å². The number of alkyl halides is 3. The molecule has 1 atom stereocenters. The Balaban J connectivity index is 2.28. The first-order valence-corrected chi connectivity index (χ1v) is 9.82. The molecule has 12 heteroatoms. The van der Waals surface area contributed by atoms with Crippen LogP contribution >= 0.6 is 0 Å². The molecule has 0 spiro atoms. The zero-order chi connectivity index (χ0) is 22.9. The third-order valence-corrected chi connectivity index (χ3v) is 5.91. The van der Waals surface area contributed by atoms with Crippen LogP contribution in [0.15, 0.2) is 47.4 Å². The number of benzene rings is 2. The lowest BCUT2D eigenvalue weighted by atomic mass is 10.0. The van der Waals surface area contributed by atoms with Crippen molar-refractivity contribution >= 4 is 27.3 Å². The van der Waals surface area contributed by atoms with E-state index in [1.807, 2.05) is 5.32 Å². The van der Waals surface area contributed by atoms with Crippen molar-refractivity contribution in [3.05, 3.63) is 59.4 Å². The van der Waals surface area contributed by atoms with Gasteiger partial charge in [0, 0.05) is 5.69 Å². The van der Waals surface area contributed by atoms with Gasteiger partial charge in [-0.3, -0.25) is 9.59 Å². The van der Waals surface area contributed by atoms with Crippen LogP contribution in [-0.2, 0) is 20.8 Å². The van der Waals surface area contributed by atoms with Gasteiger partial charge in [-0.05, 0) is 49.4 Å². The van der Waals surface area contributed by atoms with Crippen LogP contribution in [0.25, 0.3) is 0 Å². The summed E-state index contributed by atoms with van der Waals surface area (Å²) in [5.41, 5.74) is -0.324.